The zero-order valence-corrected chi connectivity index (χ0v) is 16.5. The Morgan fingerprint density at radius 1 is 0.857 bits per heavy atom. The molecule has 0 atom stereocenters. The Labute approximate surface area is 169 Å². The third kappa shape index (κ3) is 5.42. The van der Waals surface area contributed by atoms with Gasteiger partial charge in [-0.3, -0.25) is 10.2 Å². The van der Waals surface area contributed by atoms with Crippen molar-refractivity contribution in [3.63, 3.8) is 0 Å². The van der Waals surface area contributed by atoms with Gasteiger partial charge in [0, 0.05) is 5.02 Å². The van der Waals surface area contributed by atoms with Gasteiger partial charge in [-0.05, 0) is 41.3 Å². The van der Waals surface area contributed by atoms with E-state index in [-0.39, 0.29) is 11.3 Å². The van der Waals surface area contributed by atoms with Crippen LogP contribution in [-0.4, -0.2) is 14.3 Å². The first-order valence-electron chi connectivity index (χ1n) is 8.61. The molecule has 3 aromatic rings. The van der Waals surface area contributed by atoms with Crippen molar-refractivity contribution < 1.29 is 13.2 Å². The molecule has 0 spiro atoms. The van der Waals surface area contributed by atoms with E-state index >= 15 is 0 Å². The number of halogens is 1. The maximum atomic E-state index is 12.7. The average molecular weight is 415 g/mol. The predicted octanol–water partition coefficient (Wildman–Crippen LogP) is 3.48. The SMILES string of the molecule is O=C(Cc1ccccc1)NNS(=O)(=O)c1ccc(Cl)cc1Cc1ccccc1. The molecule has 5 nitrogen and oxygen atoms in total. The van der Waals surface area contributed by atoms with E-state index < -0.39 is 15.9 Å². The molecule has 28 heavy (non-hydrogen) atoms. The van der Waals surface area contributed by atoms with E-state index in [1.165, 1.54) is 12.1 Å². The van der Waals surface area contributed by atoms with Gasteiger partial charge in [-0.1, -0.05) is 72.3 Å². The Morgan fingerprint density at radius 2 is 1.46 bits per heavy atom. The highest BCUT2D eigenvalue weighted by Crippen LogP contribution is 2.23. The summed E-state index contributed by atoms with van der Waals surface area (Å²) in [6.07, 6.45) is 0.469. The molecule has 0 radical (unpaired) electrons. The second kappa shape index (κ2) is 9.01. The number of hydrazine groups is 1. The number of carbonyl (C=O) groups excluding carboxylic acids is 1. The molecule has 0 aliphatic heterocycles. The number of sulfonamides is 1. The van der Waals surface area contributed by atoms with Crippen LogP contribution >= 0.6 is 11.6 Å². The third-order valence-electron chi connectivity index (χ3n) is 4.08. The van der Waals surface area contributed by atoms with E-state index in [1.54, 1.807) is 18.2 Å². The lowest BCUT2D eigenvalue weighted by Crippen LogP contribution is -2.42. The van der Waals surface area contributed by atoms with E-state index in [1.807, 2.05) is 48.5 Å². The van der Waals surface area contributed by atoms with E-state index in [4.69, 9.17) is 11.6 Å². The summed E-state index contributed by atoms with van der Waals surface area (Å²) in [7, 11) is -3.96. The largest absolute Gasteiger partial charge is 0.277 e. The van der Waals surface area contributed by atoms with Gasteiger partial charge in [0.1, 0.15) is 0 Å². The molecule has 0 unspecified atom stereocenters. The molecular formula is C21H19ClN2O3S. The summed E-state index contributed by atoms with van der Waals surface area (Å²) in [4.78, 5) is 14.3. The van der Waals surface area contributed by atoms with Gasteiger partial charge in [0.15, 0.2) is 0 Å². The monoisotopic (exact) mass is 414 g/mol. The third-order valence-corrected chi connectivity index (χ3v) is 5.66. The Kier molecular flexibility index (Phi) is 6.46. The van der Waals surface area contributed by atoms with Crippen LogP contribution in [0.4, 0.5) is 0 Å². The van der Waals surface area contributed by atoms with Gasteiger partial charge in [-0.15, -0.1) is 4.83 Å². The molecule has 0 fully saturated rings. The van der Waals surface area contributed by atoms with Gasteiger partial charge >= 0.3 is 0 Å². The minimum atomic E-state index is -3.96. The minimum Gasteiger partial charge on any atom is -0.277 e. The summed E-state index contributed by atoms with van der Waals surface area (Å²) in [6, 6.07) is 23.1. The van der Waals surface area contributed by atoms with E-state index in [0.29, 0.717) is 17.0 Å². The Bertz CT molecular complexity index is 1060. The summed E-state index contributed by atoms with van der Waals surface area (Å²) < 4.78 is 25.5. The summed E-state index contributed by atoms with van der Waals surface area (Å²) >= 11 is 6.07. The van der Waals surface area contributed by atoms with Crippen molar-refractivity contribution in [1.29, 1.82) is 0 Å². The molecule has 0 aliphatic carbocycles. The lowest BCUT2D eigenvalue weighted by atomic mass is 10.1. The number of benzene rings is 3. The smallest absolute Gasteiger partial charge is 0.257 e. The van der Waals surface area contributed by atoms with Gasteiger partial charge in [0.25, 0.3) is 10.0 Å². The molecule has 3 rings (SSSR count). The van der Waals surface area contributed by atoms with Crippen molar-refractivity contribution in [2.24, 2.45) is 0 Å². The molecule has 0 saturated heterocycles. The number of hydrogen-bond donors (Lipinski definition) is 2. The fraction of sp³-hybridized carbons (Fsp3) is 0.0952. The van der Waals surface area contributed by atoms with Gasteiger partial charge in [-0.25, -0.2) is 8.42 Å². The van der Waals surface area contributed by atoms with Gasteiger partial charge < -0.3 is 0 Å². The van der Waals surface area contributed by atoms with Crippen molar-refractivity contribution in [3.05, 3.63) is 101 Å². The summed E-state index contributed by atoms with van der Waals surface area (Å²) in [5.74, 6) is -0.451. The van der Waals surface area contributed by atoms with Crippen molar-refractivity contribution in [2.45, 2.75) is 17.7 Å². The second-order valence-corrected chi connectivity index (χ2v) is 8.32. The van der Waals surface area contributed by atoms with Gasteiger partial charge in [0.05, 0.1) is 11.3 Å². The van der Waals surface area contributed by atoms with Crippen LogP contribution in [-0.2, 0) is 27.7 Å². The highest BCUT2D eigenvalue weighted by molar-refractivity contribution is 7.89. The summed E-state index contributed by atoms with van der Waals surface area (Å²) in [5, 5.41) is 0.443. The standard InChI is InChI=1S/C21H19ClN2O3S/c22-19-11-12-20(18(15-19)13-16-7-3-1-4-8-16)28(26,27)24-23-21(25)14-17-9-5-2-6-10-17/h1-12,15,24H,13-14H2,(H,23,25). The molecular weight excluding hydrogens is 396 g/mol. The number of nitrogens with one attached hydrogen (secondary N) is 2. The Morgan fingerprint density at radius 3 is 2.11 bits per heavy atom. The van der Waals surface area contributed by atoms with Crippen molar-refractivity contribution in [1.82, 2.24) is 10.3 Å². The first kappa shape index (κ1) is 20.1. The van der Waals surface area contributed by atoms with Crippen LogP contribution in [0.2, 0.25) is 5.02 Å². The van der Waals surface area contributed by atoms with Gasteiger partial charge in [0.2, 0.25) is 5.91 Å². The average Bonchev–Trinajstić information content (AvgIpc) is 2.68. The molecule has 144 valence electrons. The predicted molar refractivity (Wildman–Crippen MR) is 109 cm³/mol. The zero-order valence-electron chi connectivity index (χ0n) is 14.9. The molecule has 2 N–H and O–H groups in total. The van der Waals surface area contributed by atoms with Crippen molar-refractivity contribution in [3.8, 4) is 0 Å². The molecule has 0 heterocycles. The van der Waals surface area contributed by atoms with Crippen LogP contribution in [0.5, 0.6) is 0 Å². The fourth-order valence-corrected chi connectivity index (χ4v) is 4.04. The van der Waals surface area contributed by atoms with E-state index in [0.717, 1.165) is 11.1 Å². The van der Waals surface area contributed by atoms with Crippen LogP contribution in [0.15, 0.2) is 83.8 Å². The maximum absolute atomic E-state index is 12.7. The first-order valence-corrected chi connectivity index (χ1v) is 10.5. The van der Waals surface area contributed by atoms with Crippen molar-refractivity contribution >= 4 is 27.5 Å². The molecule has 3 aromatic carbocycles. The van der Waals surface area contributed by atoms with Crippen LogP contribution in [0.1, 0.15) is 16.7 Å². The zero-order chi connectivity index (χ0) is 20.0. The molecule has 0 saturated carbocycles. The minimum absolute atomic E-state index is 0.0702. The van der Waals surface area contributed by atoms with Crippen LogP contribution in [0.3, 0.4) is 0 Å². The molecule has 1 amide bonds. The topological polar surface area (TPSA) is 75.3 Å². The summed E-state index contributed by atoms with van der Waals surface area (Å²) in [5.41, 5.74) is 4.55. The molecule has 7 heteroatoms. The number of hydrogen-bond acceptors (Lipinski definition) is 3. The highest BCUT2D eigenvalue weighted by atomic mass is 35.5. The normalized spacial score (nSPS) is 11.2. The number of carbonyl (C=O) groups is 1. The molecule has 0 bridgehead atoms. The summed E-state index contributed by atoms with van der Waals surface area (Å²) in [6.45, 7) is 0. The Hall–Kier alpha value is -2.67. The van der Waals surface area contributed by atoms with Gasteiger partial charge in [-0.2, -0.15) is 0 Å². The quantitative estimate of drug-likeness (QED) is 0.581. The van der Waals surface area contributed by atoms with Crippen LogP contribution < -0.4 is 10.3 Å². The lowest BCUT2D eigenvalue weighted by Gasteiger charge is -2.13. The highest BCUT2D eigenvalue weighted by Gasteiger charge is 2.20. The van der Waals surface area contributed by atoms with Crippen LogP contribution in [0.25, 0.3) is 0 Å². The Balaban J connectivity index is 1.75. The number of rotatable bonds is 7. The molecule has 0 aromatic heterocycles. The van der Waals surface area contributed by atoms with E-state index in [2.05, 4.69) is 10.3 Å². The lowest BCUT2D eigenvalue weighted by molar-refractivity contribution is -0.120. The first-order chi connectivity index (χ1) is 13.4. The van der Waals surface area contributed by atoms with Crippen LogP contribution in [0, 0.1) is 0 Å². The number of amides is 1. The van der Waals surface area contributed by atoms with Crippen molar-refractivity contribution in [2.75, 3.05) is 0 Å². The fourth-order valence-electron chi connectivity index (χ4n) is 2.77. The van der Waals surface area contributed by atoms with E-state index in [9.17, 15) is 13.2 Å². The second-order valence-electron chi connectivity index (χ2n) is 6.23. The maximum Gasteiger partial charge on any atom is 0.257 e. The molecule has 0 aliphatic rings.